The zero-order valence-corrected chi connectivity index (χ0v) is 12.0. The van der Waals surface area contributed by atoms with E-state index in [1.54, 1.807) is 28.4 Å². The van der Waals surface area contributed by atoms with Crippen LogP contribution >= 0.6 is 35.3 Å². The summed E-state index contributed by atoms with van der Waals surface area (Å²) in [5.74, 6) is 1.65. The number of carboxylic acid groups (broad SMARTS) is 1. The molecule has 3 aliphatic rings. The maximum atomic E-state index is 11.7. The third-order valence-corrected chi connectivity index (χ3v) is 8.68. The summed E-state index contributed by atoms with van der Waals surface area (Å²) in [6.07, 6.45) is 0. The minimum atomic E-state index is -0.817. The van der Waals surface area contributed by atoms with Crippen LogP contribution in [0.25, 0.3) is 0 Å². The third-order valence-electron chi connectivity index (χ3n) is 3.65. The lowest BCUT2D eigenvalue weighted by Gasteiger charge is -2.53. The minimum Gasteiger partial charge on any atom is -0.481 e. The summed E-state index contributed by atoms with van der Waals surface area (Å²) in [4.78, 5) is 25.1. The van der Waals surface area contributed by atoms with E-state index in [2.05, 4.69) is 0 Å². The molecule has 0 aliphatic carbocycles. The molecule has 5 nitrogen and oxygen atoms in total. The Hall–Kier alpha value is -0.0500. The highest BCUT2D eigenvalue weighted by Crippen LogP contribution is 2.51. The summed E-state index contributed by atoms with van der Waals surface area (Å²) < 4.78 is 0.0491. The molecule has 0 spiro atoms. The van der Waals surface area contributed by atoms with Gasteiger partial charge in [0.2, 0.25) is 5.91 Å². The van der Waals surface area contributed by atoms with Gasteiger partial charge < -0.3 is 15.7 Å². The second-order valence-electron chi connectivity index (χ2n) is 4.73. The number of carboxylic acids is 1. The van der Waals surface area contributed by atoms with Crippen molar-refractivity contribution in [2.24, 2.45) is 11.1 Å². The average molecular weight is 306 g/mol. The topological polar surface area (TPSA) is 83.6 Å². The number of hydrogen-bond donors (Lipinski definition) is 2. The molecule has 3 N–H and O–H groups in total. The summed E-state index contributed by atoms with van der Waals surface area (Å²) in [5.41, 5.74) is 4.91. The molecule has 8 heteroatoms. The molecule has 18 heavy (non-hydrogen) atoms. The first-order valence-corrected chi connectivity index (χ1v) is 8.85. The average Bonchev–Trinajstić information content (AvgIpc) is 2.91. The number of nitrogens with two attached hydrogens (primary N) is 1. The Morgan fingerprint density at radius 2 is 2.06 bits per heavy atom. The monoisotopic (exact) mass is 306 g/mol. The molecule has 0 aromatic heterocycles. The van der Waals surface area contributed by atoms with E-state index in [4.69, 9.17) is 5.73 Å². The van der Waals surface area contributed by atoms with Gasteiger partial charge in [-0.2, -0.15) is 0 Å². The molecule has 1 amide bonds. The predicted molar refractivity (Wildman–Crippen MR) is 74.7 cm³/mol. The Morgan fingerprint density at radius 1 is 1.39 bits per heavy atom. The molecule has 0 aromatic carbocycles. The fourth-order valence-electron chi connectivity index (χ4n) is 2.55. The fourth-order valence-corrected chi connectivity index (χ4v) is 7.60. The van der Waals surface area contributed by atoms with Crippen LogP contribution in [0.5, 0.6) is 0 Å². The van der Waals surface area contributed by atoms with Gasteiger partial charge in [-0.05, 0) is 0 Å². The van der Waals surface area contributed by atoms with Crippen molar-refractivity contribution in [3.05, 3.63) is 0 Å². The van der Waals surface area contributed by atoms with Crippen LogP contribution in [0.2, 0.25) is 0 Å². The number of fused-ring (bicyclic) bond motifs is 1. The van der Waals surface area contributed by atoms with E-state index in [0.29, 0.717) is 12.3 Å². The van der Waals surface area contributed by atoms with E-state index in [1.807, 2.05) is 0 Å². The van der Waals surface area contributed by atoms with Gasteiger partial charge in [0.25, 0.3) is 0 Å². The molecule has 0 bridgehead atoms. The van der Waals surface area contributed by atoms with Gasteiger partial charge in [0, 0.05) is 23.8 Å². The number of carbonyl (C=O) groups excluding carboxylic acids is 1. The molecule has 3 fully saturated rings. The van der Waals surface area contributed by atoms with Crippen molar-refractivity contribution in [2.75, 3.05) is 23.8 Å². The van der Waals surface area contributed by atoms with Crippen LogP contribution < -0.4 is 5.73 Å². The van der Waals surface area contributed by atoms with Crippen molar-refractivity contribution >= 4 is 47.2 Å². The van der Waals surface area contributed by atoms with Gasteiger partial charge in [-0.25, -0.2) is 0 Å². The number of β-lactam (4-membered cyclic amide) rings is 1. The van der Waals surface area contributed by atoms with Crippen molar-refractivity contribution in [1.82, 2.24) is 4.90 Å². The molecular weight excluding hydrogens is 292 g/mol. The van der Waals surface area contributed by atoms with Gasteiger partial charge in [-0.1, -0.05) is 0 Å². The Labute approximate surface area is 118 Å². The summed E-state index contributed by atoms with van der Waals surface area (Å²) >= 11 is 4.93. The number of amides is 1. The third kappa shape index (κ3) is 1.69. The second kappa shape index (κ2) is 4.50. The van der Waals surface area contributed by atoms with Crippen LogP contribution in [0, 0.1) is 5.41 Å². The van der Waals surface area contributed by atoms with Crippen LogP contribution in [-0.4, -0.2) is 61.7 Å². The van der Waals surface area contributed by atoms with Crippen LogP contribution in [-0.2, 0) is 9.59 Å². The first-order valence-electron chi connectivity index (χ1n) is 5.70. The van der Waals surface area contributed by atoms with Crippen LogP contribution in [0.3, 0.4) is 0 Å². The largest absolute Gasteiger partial charge is 0.481 e. The lowest BCUT2D eigenvalue weighted by atomic mass is 9.89. The van der Waals surface area contributed by atoms with E-state index >= 15 is 0 Å². The number of nitrogens with zero attached hydrogens (tertiary/aromatic N) is 1. The molecule has 3 aliphatic heterocycles. The maximum Gasteiger partial charge on any atom is 0.314 e. The van der Waals surface area contributed by atoms with Gasteiger partial charge in [0.1, 0.15) is 16.8 Å². The summed E-state index contributed by atoms with van der Waals surface area (Å²) in [6.45, 7) is 0.317. The second-order valence-corrected chi connectivity index (χ2v) is 8.56. The highest BCUT2D eigenvalue weighted by molar-refractivity contribution is 8.20. The minimum absolute atomic E-state index is 0.0126. The van der Waals surface area contributed by atoms with Crippen molar-refractivity contribution in [1.29, 1.82) is 0 Å². The Morgan fingerprint density at radius 3 is 2.67 bits per heavy atom. The van der Waals surface area contributed by atoms with Gasteiger partial charge >= 0.3 is 5.97 Å². The lowest BCUT2D eigenvalue weighted by Crippen LogP contribution is -2.73. The van der Waals surface area contributed by atoms with Crippen LogP contribution in [0.15, 0.2) is 0 Å². The lowest BCUT2D eigenvalue weighted by molar-refractivity contribution is -0.155. The summed E-state index contributed by atoms with van der Waals surface area (Å²) in [5, 5.41) is 9.61. The van der Waals surface area contributed by atoms with E-state index in [-0.39, 0.29) is 15.9 Å². The van der Waals surface area contributed by atoms with E-state index in [0.717, 1.165) is 11.5 Å². The number of rotatable bonds is 2. The first-order chi connectivity index (χ1) is 8.56. The van der Waals surface area contributed by atoms with Crippen molar-refractivity contribution in [2.45, 2.75) is 16.0 Å². The summed E-state index contributed by atoms with van der Waals surface area (Å²) in [6, 6.07) is -0.439. The number of thioether (sulfide) groups is 3. The zero-order valence-electron chi connectivity index (χ0n) is 9.57. The van der Waals surface area contributed by atoms with Gasteiger partial charge in [0.05, 0.1) is 4.58 Å². The number of aliphatic carboxylic acids is 1. The number of hydrogen-bond acceptors (Lipinski definition) is 6. The molecule has 3 heterocycles. The molecule has 3 atom stereocenters. The Balaban J connectivity index is 1.84. The van der Waals surface area contributed by atoms with Crippen LogP contribution in [0.4, 0.5) is 0 Å². The van der Waals surface area contributed by atoms with E-state index < -0.39 is 17.4 Å². The fraction of sp³-hybridized carbons (Fsp3) is 0.800. The van der Waals surface area contributed by atoms with Crippen molar-refractivity contribution < 1.29 is 14.7 Å². The van der Waals surface area contributed by atoms with Crippen LogP contribution in [0.1, 0.15) is 0 Å². The molecular formula is C10H14N2O3S3. The predicted octanol–water partition coefficient (Wildman–Crippen LogP) is 0.106. The smallest absolute Gasteiger partial charge is 0.314 e. The standard InChI is InChI=1S/C10H14N2O3S3/c11-5-6(13)12-3-10(8(14)15,4-18-7(5)12)9-16-1-2-17-9/h5,7,9H,1-4,11H2,(H,14,15)/t5?,7-,10?/m1/s1. The van der Waals surface area contributed by atoms with E-state index in [9.17, 15) is 14.7 Å². The van der Waals surface area contributed by atoms with Gasteiger partial charge in [-0.3, -0.25) is 9.59 Å². The zero-order chi connectivity index (χ0) is 12.9. The molecule has 3 saturated heterocycles. The molecule has 0 radical (unpaired) electrons. The molecule has 0 aromatic rings. The first kappa shape index (κ1) is 13.0. The molecule has 0 saturated carbocycles. The molecule has 3 rings (SSSR count). The quantitative estimate of drug-likeness (QED) is 0.700. The number of carbonyl (C=O) groups is 2. The molecule has 2 unspecified atom stereocenters. The maximum absolute atomic E-state index is 11.7. The van der Waals surface area contributed by atoms with Crippen molar-refractivity contribution in [3.8, 4) is 0 Å². The van der Waals surface area contributed by atoms with Gasteiger partial charge in [0.15, 0.2) is 0 Å². The SMILES string of the molecule is NC1C(=O)N2CC(C(=O)O)(C3SCCS3)CS[C@H]12. The normalized spacial score (nSPS) is 40.5. The van der Waals surface area contributed by atoms with E-state index in [1.165, 1.54) is 11.8 Å². The van der Waals surface area contributed by atoms with Gasteiger partial charge in [-0.15, -0.1) is 35.3 Å². The van der Waals surface area contributed by atoms with Crippen molar-refractivity contribution in [3.63, 3.8) is 0 Å². The highest BCUT2D eigenvalue weighted by atomic mass is 32.2. The Bertz CT molecular complexity index is 402. The highest BCUT2D eigenvalue weighted by Gasteiger charge is 2.59. The molecule has 100 valence electrons. The Kier molecular flexibility index (Phi) is 3.24. The summed E-state index contributed by atoms with van der Waals surface area (Å²) in [7, 11) is 0.